The Morgan fingerprint density at radius 2 is 1.92 bits per heavy atom. The summed E-state index contributed by atoms with van der Waals surface area (Å²) in [6, 6.07) is 0.576. The summed E-state index contributed by atoms with van der Waals surface area (Å²) in [5, 5.41) is 17.0. The van der Waals surface area contributed by atoms with E-state index < -0.39 is 47.5 Å². The quantitative estimate of drug-likeness (QED) is 0.300. The van der Waals surface area contributed by atoms with E-state index in [-0.39, 0.29) is 60.8 Å². The summed E-state index contributed by atoms with van der Waals surface area (Å²) >= 11 is 0. The minimum atomic E-state index is -4.64. The van der Waals surface area contributed by atoms with E-state index >= 15 is 0 Å². The van der Waals surface area contributed by atoms with Crippen molar-refractivity contribution < 1.29 is 32.7 Å². The molecule has 0 bridgehead atoms. The summed E-state index contributed by atoms with van der Waals surface area (Å²) < 4.78 is 40.0. The van der Waals surface area contributed by atoms with Crippen molar-refractivity contribution in [1.29, 1.82) is 0 Å². The fraction of sp³-hybridized carbons (Fsp3) is 0.500. The molecule has 1 spiro atoms. The normalized spacial score (nSPS) is 31.1. The molecule has 4 aliphatic heterocycles. The number of imide groups is 1. The molecular weight excluding hydrogens is 497 g/mol. The smallest absolute Gasteiger partial charge is 0.386 e. The number of nitrogens with two attached hydrogens (primary N) is 2. The van der Waals surface area contributed by atoms with Gasteiger partial charge in [0.2, 0.25) is 11.8 Å². The Morgan fingerprint density at radius 3 is 2.57 bits per heavy atom. The lowest BCUT2D eigenvalue weighted by Crippen LogP contribution is -2.73. The lowest BCUT2D eigenvalue weighted by Gasteiger charge is -2.46. The number of halogens is 3. The number of carbonyl (C=O) groups is 3. The van der Waals surface area contributed by atoms with Gasteiger partial charge in [-0.05, 0) is 24.6 Å². The van der Waals surface area contributed by atoms with Crippen molar-refractivity contribution in [1.82, 2.24) is 20.4 Å². The molecule has 5 rings (SSSR count). The van der Waals surface area contributed by atoms with Gasteiger partial charge in [0.15, 0.2) is 17.6 Å². The van der Waals surface area contributed by atoms with Crippen LogP contribution >= 0.6 is 0 Å². The Bertz CT molecular complexity index is 1230. The number of aliphatic hydroxyl groups excluding tert-OH is 1. The summed E-state index contributed by atoms with van der Waals surface area (Å²) in [6.45, 7) is 1.02. The molecule has 0 radical (unpaired) electrons. The van der Waals surface area contributed by atoms with E-state index in [1.54, 1.807) is 0 Å². The van der Waals surface area contributed by atoms with Crippen LogP contribution in [0.15, 0.2) is 28.2 Å². The molecule has 7 N–H and O–H groups in total. The fourth-order valence-corrected chi connectivity index (χ4v) is 5.64. The van der Waals surface area contributed by atoms with E-state index in [0.29, 0.717) is 0 Å². The molecule has 4 unspecified atom stereocenters. The van der Waals surface area contributed by atoms with Crippen LogP contribution in [-0.4, -0.2) is 87.5 Å². The maximum atomic E-state index is 13.3. The summed E-state index contributed by atoms with van der Waals surface area (Å²) in [5.41, 5.74) is 9.35. The zero-order chi connectivity index (χ0) is 26.9. The maximum Gasteiger partial charge on any atom is 0.416 e. The van der Waals surface area contributed by atoms with E-state index in [1.807, 2.05) is 0 Å². The number of rotatable bonds is 4. The van der Waals surface area contributed by atoms with Gasteiger partial charge >= 0.3 is 6.18 Å². The minimum absolute atomic E-state index is 0.0382. The third-order valence-corrected chi connectivity index (χ3v) is 7.38. The van der Waals surface area contributed by atoms with Crippen LogP contribution in [0, 0.1) is 6.92 Å². The molecule has 0 aliphatic carbocycles. The molecule has 0 saturated carbocycles. The van der Waals surface area contributed by atoms with E-state index in [1.165, 1.54) is 17.9 Å². The number of aliphatic imine (C=N–C) groups is 2. The Morgan fingerprint density at radius 1 is 1.24 bits per heavy atom. The first-order chi connectivity index (χ1) is 17.3. The van der Waals surface area contributed by atoms with Crippen LogP contribution in [0.3, 0.4) is 0 Å². The van der Waals surface area contributed by atoms with Gasteiger partial charge in [0.05, 0.1) is 24.2 Å². The zero-order valence-electron chi connectivity index (χ0n) is 19.6. The third kappa shape index (κ3) is 3.75. The molecule has 4 heterocycles. The van der Waals surface area contributed by atoms with Gasteiger partial charge in [-0.1, -0.05) is 6.07 Å². The summed E-state index contributed by atoms with van der Waals surface area (Å²) in [5.74, 6) is -1.60. The number of hydrogen-bond acceptors (Lipinski definition) is 10. The molecular formula is C22H25F3N8O4. The molecule has 37 heavy (non-hydrogen) atoms. The molecule has 0 aromatic heterocycles. The SMILES string of the molecule is Cc1c(C(=O)N[C@H]2CN3C(N)=NC(CN4C(=O)CCC4=O)C4N=C(N)NC43C2O)cccc1C(F)(F)F. The van der Waals surface area contributed by atoms with Crippen molar-refractivity contribution in [3.05, 3.63) is 34.9 Å². The van der Waals surface area contributed by atoms with Crippen LogP contribution in [0.25, 0.3) is 0 Å². The van der Waals surface area contributed by atoms with Crippen LogP contribution in [-0.2, 0) is 15.8 Å². The second kappa shape index (κ2) is 8.33. The van der Waals surface area contributed by atoms with E-state index in [0.717, 1.165) is 17.0 Å². The van der Waals surface area contributed by atoms with Gasteiger partial charge in [0, 0.05) is 24.9 Å². The number of aliphatic hydroxyl groups is 1. The molecule has 3 amide bonds. The van der Waals surface area contributed by atoms with Crippen molar-refractivity contribution in [3.63, 3.8) is 0 Å². The first-order valence-corrected chi connectivity index (χ1v) is 11.6. The van der Waals surface area contributed by atoms with Crippen LogP contribution in [0.4, 0.5) is 13.2 Å². The molecule has 1 aromatic carbocycles. The van der Waals surface area contributed by atoms with Crippen LogP contribution in [0.2, 0.25) is 0 Å². The number of carbonyl (C=O) groups excluding carboxylic acids is 3. The molecule has 2 saturated heterocycles. The van der Waals surface area contributed by atoms with Crippen molar-refractivity contribution in [3.8, 4) is 0 Å². The Kier molecular flexibility index (Phi) is 5.58. The predicted octanol–water partition coefficient (Wildman–Crippen LogP) is -1.38. The summed E-state index contributed by atoms with van der Waals surface area (Å²) in [4.78, 5) is 48.7. The highest BCUT2D eigenvalue weighted by atomic mass is 19.4. The van der Waals surface area contributed by atoms with Gasteiger partial charge in [-0.15, -0.1) is 0 Å². The Balaban J connectivity index is 1.42. The first-order valence-electron chi connectivity index (χ1n) is 11.6. The zero-order valence-corrected chi connectivity index (χ0v) is 19.6. The number of nitrogens with zero attached hydrogens (tertiary/aromatic N) is 4. The average Bonchev–Trinajstić information content (AvgIpc) is 3.42. The van der Waals surface area contributed by atoms with Crippen molar-refractivity contribution in [2.45, 2.75) is 55.8 Å². The molecule has 15 heteroatoms. The van der Waals surface area contributed by atoms with E-state index in [9.17, 15) is 32.7 Å². The maximum absolute atomic E-state index is 13.3. The average molecular weight is 522 g/mol. The Labute approximate surface area is 208 Å². The number of nitrogens with one attached hydrogen (secondary N) is 2. The van der Waals surface area contributed by atoms with Gasteiger partial charge in [-0.2, -0.15) is 13.2 Å². The summed E-state index contributed by atoms with van der Waals surface area (Å²) in [6.07, 6.45) is -5.86. The highest BCUT2D eigenvalue weighted by molar-refractivity contribution is 6.02. The van der Waals surface area contributed by atoms with Crippen molar-refractivity contribution in [2.75, 3.05) is 13.1 Å². The van der Waals surface area contributed by atoms with Crippen LogP contribution < -0.4 is 22.1 Å². The topological polar surface area (TPSA) is 179 Å². The van der Waals surface area contributed by atoms with Gasteiger partial charge in [0.25, 0.3) is 5.91 Å². The van der Waals surface area contributed by atoms with E-state index in [2.05, 4.69) is 20.6 Å². The number of amides is 3. The van der Waals surface area contributed by atoms with E-state index in [4.69, 9.17) is 11.5 Å². The fourth-order valence-electron chi connectivity index (χ4n) is 5.64. The molecule has 12 nitrogen and oxygen atoms in total. The highest BCUT2D eigenvalue weighted by Gasteiger charge is 2.65. The monoisotopic (exact) mass is 522 g/mol. The molecule has 2 fully saturated rings. The first kappa shape index (κ1) is 24.8. The number of hydrogen-bond donors (Lipinski definition) is 5. The highest BCUT2D eigenvalue weighted by Crippen LogP contribution is 2.40. The molecule has 198 valence electrons. The van der Waals surface area contributed by atoms with Gasteiger partial charge in [0.1, 0.15) is 12.1 Å². The minimum Gasteiger partial charge on any atom is -0.386 e. The van der Waals surface area contributed by atoms with Crippen molar-refractivity contribution in [2.24, 2.45) is 21.5 Å². The Hall–Kier alpha value is -3.88. The summed E-state index contributed by atoms with van der Waals surface area (Å²) in [7, 11) is 0. The number of alkyl halides is 3. The second-order valence-electron chi connectivity index (χ2n) is 9.47. The van der Waals surface area contributed by atoms with Gasteiger partial charge in [-0.3, -0.25) is 19.3 Å². The largest absolute Gasteiger partial charge is 0.416 e. The van der Waals surface area contributed by atoms with Gasteiger partial charge < -0.3 is 32.1 Å². The molecule has 1 aromatic rings. The lowest BCUT2D eigenvalue weighted by atomic mass is 9.87. The molecule has 4 aliphatic rings. The standard InChI is InChI=1S/C22H25F3N8O4/c1-9-10(3-2-4-11(9)22(23,24)25)18(37)28-13-8-33-20(27)29-12(7-32-14(34)5-6-15(32)35)16-21(33,17(13)36)31-19(26)30-16/h2-4,12-13,16-17,36H,5-8H2,1H3,(H2,27,29)(H,28,37)(H3,26,30,31)/t12?,13-,16?,17?,21?/m0/s1. The number of likely N-dealkylation sites (tertiary alicyclic amines) is 1. The number of guanidine groups is 2. The predicted molar refractivity (Wildman–Crippen MR) is 123 cm³/mol. The van der Waals surface area contributed by atoms with Gasteiger partial charge in [-0.25, -0.2) is 9.98 Å². The third-order valence-electron chi connectivity index (χ3n) is 7.38. The van der Waals surface area contributed by atoms with Crippen LogP contribution in [0.1, 0.15) is 34.3 Å². The molecule has 5 atom stereocenters. The second-order valence-corrected chi connectivity index (χ2v) is 9.47. The lowest BCUT2D eigenvalue weighted by molar-refractivity contribution is -0.139. The van der Waals surface area contributed by atoms with Crippen molar-refractivity contribution >= 4 is 29.6 Å². The number of benzene rings is 1. The van der Waals surface area contributed by atoms with Crippen LogP contribution in [0.5, 0.6) is 0 Å².